The SMILES string of the molecule is COCN(COC)S(=O)(=O)c1ccc(-c2sc3c(c2Br)S(=O)(=O)N(C)C3=O)cc1. The molecule has 2 heterocycles. The van der Waals surface area contributed by atoms with Gasteiger partial charge in [0.2, 0.25) is 10.0 Å². The fraction of sp³-hybridized carbons (Fsp3) is 0.312. The van der Waals surface area contributed by atoms with E-state index in [9.17, 15) is 21.6 Å². The van der Waals surface area contributed by atoms with Crippen molar-refractivity contribution in [1.29, 1.82) is 0 Å². The van der Waals surface area contributed by atoms with E-state index in [1.165, 1.54) is 33.4 Å². The first kappa shape index (κ1) is 22.3. The summed E-state index contributed by atoms with van der Waals surface area (Å²) in [6, 6.07) is 5.92. The van der Waals surface area contributed by atoms with E-state index in [1.54, 1.807) is 12.1 Å². The van der Waals surface area contributed by atoms with Crippen molar-refractivity contribution in [3.8, 4) is 10.4 Å². The van der Waals surface area contributed by atoms with E-state index in [0.29, 0.717) is 14.7 Å². The molecule has 0 fully saturated rings. The number of fused-ring (bicyclic) bond motifs is 1. The number of rotatable bonds is 7. The van der Waals surface area contributed by atoms with Gasteiger partial charge in [-0.05, 0) is 33.6 Å². The Balaban J connectivity index is 2.00. The maximum Gasteiger partial charge on any atom is 0.278 e. The van der Waals surface area contributed by atoms with Crippen molar-refractivity contribution in [2.45, 2.75) is 9.79 Å². The molecule has 1 aromatic heterocycles. The molecule has 13 heteroatoms. The Kier molecular flexibility index (Phi) is 6.21. The number of halogens is 1. The zero-order valence-corrected chi connectivity index (χ0v) is 19.6. The molecule has 0 bridgehead atoms. The van der Waals surface area contributed by atoms with E-state index in [4.69, 9.17) is 9.47 Å². The molecule has 9 nitrogen and oxygen atoms in total. The lowest BCUT2D eigenvalue weighted by Crippen LogP contribution is -2.34. The van der Waals surface area contributed by atoms with Crippen molar-refractivity contribution in [1.82, 2.24) is 8.61 Å². The van der Waals surface area contributed by atoms with Crippen LogP contribution >= 0.6 is 27.3 Å². The van der Waals surface area contributed by atoms with Gasteiger partial charge >= 0.3 is 0 Å². The number of carbonyl (C=O) groups is 1. The third kappa shape index (κ3) is 3.65. The molecule has 0 N–H and O–H groups in total. The van der Waals surface area contributed by atoms with Crippen molar-refractivity contribution >= 4 is 53.2 Å². The Morgan fingerprint density at radius 3 is 2.14 bits per heavy atom. The van der Waals surface area contributed by atoms with Crippen molar-refractivity contribution in [2.24, 2.45) is 0 Å². The first-order valence-electron chi connectivity index (χ1n) is 8.01. The van der Waals surface area contributed by atoms with Gasteiger partial charge in [-0.3, -0.25) is 4.79 Å². The summed E-state index contributed by atoms with van der Waals surface area (Å²) in [6.45, 7) is -0.344. The molecule has 1 amide bonds. The fourth-order valence-corrected chi connectivity index (χ4v) is 8.28. The van der Waals surface area contributed by atoms with Crippen LogP contribution in [0.4, 0.5) is 0 Å². The molecule has 0 unspecified atom stereocenters. The number of methoxy groups -OCH3 is 2. The summed E-state index contributed by atoms with van der Waals surface area (Å²) in [4.78, 5) is 12.8. The van der Waals surface area contributed by atoms with Gasteiger partial charge in [-0.15, -0.1) is 15.6 Å². The number of ether oxygens (including phenoxy) is 2. The van der Waals surface area contributed by atoms with Crippen LogP contribution in [0.5, 0.6) is 0 Å². The first-order chi connectivity index (χ1) is 13.6. The summed E-state index contributed by atoms with van der Waals surface area (Å²) in [7, 11) is -3.77. The summed E-state index contributed by atoms with van der Waals surface area (Å²) in [5, 5.41) is 0. The number of hydrogen-bond acceptors (Lipinski definition) is 8. The molecule has 158 valence electrons. The van der Waals surface area contributed by atoms with Crippen LogP contribution in [0.25, 0.3) is 10.4 Å². The summed E-state index contributed by atoms with van der Waals surface area (Å²) >= 11 is 4.32. The molecule has 1 aliphatic rings. The lowest BCUT2D eigenvalue weighted by molar-refractivity contribution is 0.0405. The van der Waals surface area contributed by atoms with Crippen LogP contribution in [0, 0.1) is 0 Å². The third-order valence-corrected chi connectivity index (χ3v) is 10.5. The van der Waals surface area contributed by atoms with Gasteiger partial charge in [0.05, 0.1) is 14.2 Å². The van der Waals surface area contributed by atoms with Crippen LogP contribution in [-0.2, 0) is 29.5 Å². The zero-order chi connectivity index (χ0) is 21.6. The van der Waals surface area contributed by atoms with Crippen molar-refractivity contribution < 1.29 is 31.1 Å². The Labute approximate surface area is 181 Å². The smallest absolute Gasteiger partial charge is 0.278 e. The topological polar surface area (TPSA) is 110 Å². The van der Waals surface area contributed by atoms with Crippen LogP contribution in [0.2, 0.25) is 0 Å². The molecular weight excluding hydrogens is 508 g/mol. The van der Waals surface area contributed by atoms with Gasteiger partial charge in [0.1, 0.15) is 23.2 Å². The molecule has 29 heavy (non-hydrogen) atoms. The van der Waals surface area contributed by atoms with Gasteiger partial charge in [-0.2, -0.15) is 0 Å². The molecule has 1 aromatic carbocycles. The minimum Gasteiger partial charge on any atom is -0.368 e. The standard InChI is InChI=1S/C16H17BrN2O7S3/c1-18-16(20)14-15(29(18,23)24)12(17)13(27-14)10-4-6-11(7-5-10)28(21,22)19(8-25-2)9-26-3/h4-7H,8-9H2,1-3H3. The van der Waals surface area contributed by atoms with Gasteiger partial charge in [0, 0.05) is 21.3 Å². The Hall–Kier alpha value is -1.35. The summed E-state index contributed by atoms with van der Waals surface area (Å²) < 4.78 is 62.2. The van der Waals surface area contributed by atoms with E-state index in [1.807, 2.05) is 0 Å². The largest absolute Gasteiger partial charge is 0.368 e. The lowest BCUT2D eigenvalue weighted by Gasteiger charge is -2.20. The lowest BCUT2D eigenvalue weighted by atomic mass is 10.2. The molecule has 0 atom stereocenters. The number of sulfonamides is 2. The predicted octanol–water partition coefficient (Wildman–Crippen LogP) is 2.15. The fourth-order valence-electron chi connectivity index (χ4n) is 2.73. The second kappa shape index (κ2) is 8.06. The van der Waals surface area contributed by atoms with Crippen LogP contribution in [-0.4, -0.2) is 66.1 Å². The van der Waals surface area contributed by atoms with Gasteiger partial charge in [-0.25, -0.2) is 21.1 Å². The Bertz CT molecular complexity index is 1150. The number of hydrogen-bond donors (Lipinski definition) is 0. The Morgan fingerprint density at radius 2 is 1.66 bits per heavy atom. The van der Waals surface area contributed by atoms with E-state index in [0.717, 1.165) is 15.6 Å². The highest BCUT2D eigenvalue weighted by Crippen LogP contribution is 2.47. The molecule has 0 radical (unpaired) electrons. The van der Waals surface area contributed by atoms with E-state index in [-0.39, 0.29) is 32.6 Å². The maximum absolute atomic E-state index is 12.7. The predicted molar refractivity (Wildman–Crippen MR) is 110 cm³/mol. The van der Waals surface area contributed by atoms with Crippen molar-refractivity contribution in [3.63, 3.8) is 0 Å². The second-order valence-electron chi connectivity index (χ2n) is 6.00. The molecular formula is C16H17BrN2O7S3. The molecule has 0 saturated heterocycles. The molecule has 1 aliphatic heterocycles. The third-order valence-electron chi connectivity index (χ3n) is 4.21. The highest BCUT2D eigenvalue weighted by molar-refractivity contribution is 9.10. The van der Waals surface area contributed by atoms with Crippen LogP contribution in [0.1, 0.15) is 9.67 Å². The number of nitrogens with zero attached hydrogens (tertiary/aromatic N) is 2. The van der Waals surface area contributed by atoms with Crippen molar-refractivity contribution in [2.75, 3.05) is 34.7 Å². The minimum absolute atomic E-state index is 0.0269. The number of thiophene rings is 1. The zero-order valence-electron chi connectivity index (χ0n) is 15.6. The summed E-state index contributed by atoms with van der Waals surface area (Å²) in [5.74, 6) is -0.592. The molecule has 0 spiro atoms. The monoisotopic (exact) mass is 524 g/mol. The van der Waals surface area contributed by atoms with Gasteiger partial charge in [0.15, 0.2) is 0 Å². The van der Waals surface area contributed by atoms with E-state index < -0.39 is 26.0 Å². The van der Waals surface area contributed by atoms with Crippen LogP contribution in [0.3, 0.4) is 0 Å². The number of amides is 1. The van der Waals surface area contributed by atoms with Gasteiger partial charge < -0.3 is 9.47 Å². The number of benzene rings is 1. The van der Waals surface area contributed by atoms with Gasteiger partial charge in [-0.1, -0.05) is 12.1 Å². The minimum atomic E-state index is -3.89. The normalized spacial score (nSPS) is 15.9. The molecule has 0 aliphatic carbocycles. The first-order valence-corrected chi connectivity index (χ1v) is 12.5. The average Bonchev–Trinajstić information content (AvgIpc) is 3.11. The highest BCUT2D eigenvalue weighted by Gasteiger charge is 2.43. The van der Waals surface area contributed by atoms with Crippen LogP contribution < -0.4 is 0 Å². The van der Waals surface area contributed by atoms with Gasteiger partial charge in [0.25, 0.3) is 15.9 Å². The van der Waals surface area contributed by atoms with Crippen molar-refractivity contribution in [3.05, 3.63) is 33.6 Å². The number of carbonyl (C=O) groups excluding carboxylic acids is 1. The quantitative estimate of drug-likeness (QED) is 0.510. The average molecular weight is 525 g/mol. The maximum atomic E-state index is 12.7. The van der Waals surface area contributed by atoms with Crippen LogP contribution in [0.15, 0.2) is 38.5 Å². The van der Waals surface area contributed by atoms with E-state index in [2.05, 4.69) is 15.9 Å². The molecule has 2 aromatic rings. The second-order valence-corrected chi connectivity index (χ2v) is 11.7. The summed E-state index contributed by atoms with van der Waals surface area (Å²) in [6.07, 6.45) is 0. The highest BCUT2D eigenvalue weighted by atomic mass is 79.9. The summed E-state index contributed by atoms with van der Waals surface area (Å²) in [5.41, 5.74) is 0.575. The Morgan fingerprint density at radius 1 is 1.10 bits per heavy atom. The molecule has 0 saturated carbocycles. The van der Waals surface area contributed by atoms with E-state index >= 15 is 0 Å². The molecule has 3 rings (SSSR count).